The Morgan fingerprint density at radius 2 is 1.67 bits per heavy atom. The van der Waals surface area contributed by atoms with Crippen molar-refractivity contribution in [3.63, 3.8) is 0 Å². The number of urea groups is 1. The van der Waals surface area contributed by atoms with Gasteiger partial charge in [-0.15, -0.1) is 10.2 Å². The van der Waals surface area contributed by atoms with Gasteiger partial charge < -0.3 is 19.1 Å². The van der Waals surface area contributed by atoms with Crippen LogP contribution in [0.1, 0.15) is 40.7 Å². The number of hydrogen-bond donors (Lipinski definition) is 0. The summed E-state index contributed by atoms with van der Waals surface area (Å²) in [6.45, 7) is 13.3. The predicted octanol–water partition coefficient (Wildman–Crippen LogP) is 3.82. The van der Waals surface area contributed by atoms with Crippen molar-refractivity contribution in [2.75, 3.05) is 54.0 Å². The number of hydrogen-bond acceptors (Lipinski definition) is 8. The zero-order chi connectivity index (χ0) is 27.7. The molecule has 2 aliphatic rings. The number of ether oxygens (including phenoxy) is 1. The number of anilines is 3. The second kappa shape index (κ2) is 10.5. The SMILES string of the molecule is CC(C)n1cnnc1-c1cccc(N2CCN(c3ccc(N4CCN(C(=O)OC(C)(C)C)CC4)cn3)C2=O)n1. The van der Waals surface area contributed by atoms with Gasteiger partial charge in [0.25, 0.3) is 0 Å². The third-order valence-electron chi connectivity index (χ3n) is 6.68. The fourth-order valence-electron chi connectivity index (χ4n) is 4.66. The molecule has 12 heteroatoms. The minimum atomic E-state index is -0.510. The fourth-order valence-corrected chi connectivity index (χ4v) is 4.66. The summed E-state index contributed by atoms with van der Waals surface area (Å²) < 4.78 is 7.44. The molecule has 12 nitrogen and oxygen atoms in total. The Hall–Kier alpha value is -4.22. The molecule has 0 N–H and O–H groups in total. The van der Waals surface area contributed by atoms with Gasteiger partial charge in [-0.05, 0) is 58.9 Å². The molecule has 0 saturated carbocycles. The van der Waals surface area contributed by atoms with Crippen LogP contribution in [0.15, 0.2) is 42.9 Å². The molecule has 3 aromatic heterocycles. The van der Waals surface area contributed by atoms with Gasteiger partial charge in [-0.3, -0.25) is 9.80 Å². The monoisotopic (exact) mass is 533 g/mol. The van der Waals surface area contributed by atoms with Gasteiger partial charge in [0.15, 0.2) is 5.82 Å². The Labute approximate surface area is 228 Å². The van der Waals surface area contributed by atoms with E-state index in [4.69, 9.17) is 9.72 Å². The first-order chi connectivity index (χ1) is 18.6. The highest BCUT2D eigenvalue weighted by molar-refractivity contribution is 6.05. The van der Waals surface area contributed by atoms with Crippen molar-refractivity contribution in [3.05, 3.63) is 42.9 Å². The first-order valence-electron chi connectivity index (χ1n) is 13.3. The van der Waals surface area contributed by atoms with Crippen LogP contribution in [0.5, 0.6) is 0 Å². The summed E-state index contributed by atoms with van der Waals surface area (Å²) in [7, 11) is 0. The van der Waals surface area contributed by atoms with Gasteiger partial charge in [0.2, 0.25) is 0 Å². The third-order valence-corrected chi connectivity index (χ3v) is 6.68. The van der Waals surface area contributed by atoms with E-state index >= 15 is 0 Å². The van der Waals surface area contributed by atoms with Crippen LogP contribution in [0.2, 0.25) is 0 Å². The highest BCUT2D eigenvalue weighted by Gasteiger charge is 2.33. The molecule has 2 fully saturated rings. The number of carbonyl (C=O) groups is 2. The van der Waals surface area contributed by atoms with E-state index in [0.717, 1.165) is 5.69 Å². The molecule has 206 valence electrons. The molecule has 2 aliphatic heterocycles. The topological polar surface area (TPSA) is 113 Å². The number of nitrogens with zero attached hydrogens (tertiary/aromatic N) is 9. The fraction of sp³-hybridized carbons (Fsp3) is 0.481. The number of aromatic nitrogens is 5. The van der Waals surface area contributed by atoms with Crippen molar-refractivity contribution < 1.29 is 14.3 Å². The molecule has 2 saturated heterocycles. The van der Waals surface area contributed by atoms with E-state index in [1.54, 1.807) is 27.2 Å². The maximum atomic E-state index is 13.3. The van der Waals surface area contributed by atoms with E-state index < -0.39 is 5.60 Å². The van der Waals surface area contributed by atoms with E-state index in [1.807, 2.05) is 55.7 Å². The maximum Gasteiger partial charge on any atom is 0.410 e. The molecule has 3 aromatic rings. The first kappa shape index (κ1) is 26.4. The summed E-state index contributed by atoms with van der Waals surface area (Å²) in [5.41, 5.74) is 1.11. The van der Waals surface area contributed by atoms with Crippen LogP contribution in [0.3, 0.4) is 0 Å². The molecule has 5 rings (SSSR count). The van der Waals surface area contributed by atoms with Crippen LogP contribution in [-0.4, -0.2) is 86.6 Å². The van der Waals surface area contributed by atoms with Crippen LogP contribution < -0.4 is 14.7 Å². The highest BCUT2D eigenvalue weighted by atomic mass is 16.6. The standard InChI is InChI=1S/C27H35N9O3/c1-19(2)36-18-29-31-24(36)21-7-6-8-23(30-21)35-16-15-34(25(35)37)22-10-9-20(17-28-22)32-11-13-33(14-12-32)26(38)39-27(3,4)5/h6-10,17-19H,11-16H2,1-5H3. The van der Waals surface area contributed by atoms with Gasteiger partial charge in [-0.1, -0.05) is 6.07 Å². The number of amides is 3. The van der Waals surface area contributed by atoms with E-state index in [2.05, 4.69) is 33.9 Å². The minimum absolute atomic E-state index is 0.170. The molecule has 39 heavy (non-hydrogen) atoms. The van der Waals surface area contributed by atoms with E-state index in [9.17, 15) is 9.59 Å². The average Bonchev–Trinajstić information content (AvgIpc) is 3.55. The number of piperazine rings is 1. The van der Waals surface area contributed by atoms with Gasteiger partial charge >= 0.3 is 12.1 Å². The van der Waals surface area contributed by atoms with Crippen molar-refractivity contribution >= 4 is 29.4 Å². The molecule has 0 bridgehead atoms. The van der Waals surface area contributed by atoms with Crippen LogP contribution in [0.4, 0.5) is 26.9 Å². The Morgan fingerprint density at radius 3 is 2.31 bits per heavy atom. The molecule has 0 unspecified atom stereocenters. The molecule has 0 spiro atoms. The highest BCUT2D eigenvalue weighted by Crippen LogP contribution is 2.27. The maximum absolute atomic E-state index is 13.3. The van der Waals surface area contributed by atoms with Crippen LogP contribution in [0, 0.1) is 0 Å². The minimum Gasteiger partial charge on any atom is -0.444 e. The van der Waals surface area contributed by atoms with Crippen molar-refractivity contribution in [1.82, 2.24) is 29.6 Å². The summed E-state index contributed by atoms with van der Waals surface area (Å²) in [5.74, 6) is 1.83. The second-order valence-electron chi connectivity index (χ2n) is 11.0. The molecule has 0 aliphatic carbocycles. The Balaban J connectivity index is 1.23. The average molecular weight is 534 g/mol. The molecular weight excluding hydrogens is 498 g/mol. The zero-order valence-corrected chi connectivity index (χ0v) is 23.1. The largest absolute Gasteiger partial charge is 0.444 e. The van der Waals surface area contributed by atoms with Crippen LogP contribution in [-0.2, 0) is 4.74 Å². The van der Waals surface area contributed by atoms with Crippen molar-refractivity contribution in [1.29, 1.82) is 0 Å². The van der Waals surface area contributed by atoms with E-state index in [0.29, 0.717) is 62.4 Å². The second-order valence-corrected chi connectivity index (χ2v) is 11.0. The van der Waals surface area contributed by atoms with Gasteiger partial charge in [-0.2, -0.15) is 0 Å². The summed E-state index contributed by atoms with van der Waals surface area (Å²) in [5, 5.41) is 8.26. The van der Waals surface area contributed by atoms with Crippen LogP contribution >= 0.6 is 0 Å². The normalized spacial score (nSPS) is 16.4. The summed E-state index contributed by atoms with van der Waals surface area (Å²) in [6.07, 6.45) is 3.19. The molecule has 0 radical (unpaired) electrons. The van der Waals surface area contributed by atoms with E-state index in [1.165, 1.54) is 0 Å². The lowest BCUT2D eigenvalue weighted by atomic mass is 10.2. The van der Waals surface area contributed by atoms with Crippen LogP contribution in [0.25, 0.3) is 11.5 Å². The number of rotatable bonds is 5. The summed E-state index contributed by atoms with van der Waals surface area (Å²) >= 11 is 0. The third kappa shape index (κ3) is 5.64. The summed E-state index contributed by atoms with van der Waals surface area (Å²) in [6, 6.07) is 9.43. The zero-order valence-electron chi connectivity index (χ0n) is 23.1. The molecule has 3 amide bonds. The van der Waals surface area contributed by atoms with Crippen molar-refractivity contribution in [2.24, 2.45) is 0 Å². The van der Waals surface area contributed by atoms with E-state index in [-0.39, 0.29) is 18.2 Å². The predicted molar refractivity (Wildman–Crippen MR) is 148 cm³/mol. The molecule has 0 atom stereocenters. The number of pyridine rings is 2. The Bertz CT molecular complexity index is 1320. The molecule has 5 heterocycles. The Kier molecular flexibility index (Phi) is 7.11. The van der Waals surface area contributed by atoms with Crippen molar-refractivity contribution in [2.45, 2.75) is 46.3 Å². The van der Waals surface area contributed by atoms with Gasteiger partial charge in [0, 0.05) is 45.3 Å². The lowest BCUT2D eigenvalue weighted by molar-refractivity contribution is 0.0240. The Morgan fingerprint density at radius 1 is 0.949 bits per heavy atom. The van der Waals surface area contributed by atoms with Gasteiger partial charge in [0.1, 0.15) is 29.3 Å². The van der Waals surface area contributed by atoms with Crippen molar-refractivity contribution in [3.8, 4) is 11.5 Å². The van der Waals surface area contributed by atoms with Gasteiger partial charge in [-0.25, -0.2) is 19.6 Å². The lowest BCUT2D eigenvalue weighted by Gasteiger charge is -2.36. The lowest BCUT2D eigenvalue weighted by Crippen LogP contribution is -2.50. The van der Waals surface area contributed by atoms with Gasteiger partial charge in [0.05, 0.1) is 11.9 Å². The molecular formula is C27H35N9O3. The summed E-state index contributed by atoms with van der Waals surface area (Å²) in [4.78, 5) is 42.2. The smallest absolute Gasteiger partial charge is 0.410 e. The number of carbonyl (C=O) groups excluding carboxylic acids is 2. The molecule has 0 aromatic carbocycles. The quantitative estimate of drug-likeness (QED) is 0.487. The first-order valence-corrected chi connectivity index (χ1v) is 13.3.